The summed E-state index contributed by atoms with van der Waals surface area (Å²) in [6.07, 6.45) is 8.59. The van der Waals surface area contributed by atoms with Gasteiger partial charge in [-0.2, -0.15) is 0 Å². The molecule has 1 atom stereocenters. The summed E-state index contributed by atoms with van der Waals surface area (Å²) in [5.41, 5.74) is 3.79. The molecule has 0 radical (unpaired) electrons. The van der Waals surface area contributed by atoms with Gasteiger partial charge in [-0.05, 0) is 49.3 Å². The molecule has 2 rings (SSSR count). The molecule has 1 aromatic rings. The standard InChI is InChI=1S/C19H25NO/c1-14(11-12-19(2,3)18(21)20-4)13-16-10-9-15-7-5-6-8-17(15)16/h5-8,10-12,14H,9,13H2,1-4H3,(H,20,21)/b12-11+. The average Bonchev–Trinajstić information content (AvgIpc) is 2.88. The number of carbonyl (C=O) groups excluding carboxylic acids is 1. The minimum Gasteiger partial charge on any atom is -0.358 e. The molecule has 2 nitrogen and oxygen atoms in total. The van der Waals surface area contributed by atoms with Crippen LogP contribution in [0, 0.1) is 11.3 Å². The van der Waals surface area contributed by atoms with E-state index in [9.17, 15) is 4.79 Å². The molecule has 1 aliphatic rings. The third kappa shape index (κ3) is 3.63. The molecule has 21 heavy (non-hydrogen) atoms. The normalized spacial score (nSPS) is 15.7. The molecule has 0 saturated carbocycles. The van der Waals surface area contributed by atoms with Crippen molar-refractivity contribution in [1.82, 2.24) is 5.32 Å². The highest BCUT2D eigenvalue weighted by Crippen LogP contribution is 2.32. The Hall–Kier alpha value is -1.83. The second-order valence-corrected chi connectivity index (χ2v) is 6.43. The van der Waals surface area contributed by atoms with E-state index >= 15 is 0 Å². The number of benzene rings is 1. The Morgan fingerprint density at radius 2 is 2.10 bits per heavy atom. The van der Waals surface area contributed by atoms with Gasteiger partial charge in [0.2, 0.25) is 5.91 Å². The van der Waals surface area contributed by atoms with E-state index in [1.54, 1.807) is 7.05 Å². The van der Waals surface area contributed by atoms with Crippen molar-refractivity contribution in [1.29, 1.82) is 0 Å². The first-order valence-corrected chi connectivity index (χ1v) is 7.63. The van der Waals surface area contributed by atoms with E-state index in [0.29, 0.717) is 5.92 Å². The lowest BCUT2D eigenvalue weighted by Gasteiger charge is -2.19. The van der Waals surface area contributed by atoms with Crippen molar-refractivity contribution in [3.8, 4) is 0 Å². The Morgan fingerprint density at radius 1 is 1.38 bits per heavy atom. The largest absolute Gasteiger partial charge is 0.358 e. The fourth-order valence-electron chi connectivity index (χ4n) is 2.77. The fraction of sp³-hybridized carbons (Fsp3) is 0.421. The van der Waals surface area contributed by atoms with E-state index in [1.807, 2.05) is 19.9 Å². The van der Waals surface area contributed by atoms with Crippen LogP contribution in [0.4, 0.5) is 0 Å². The molecule has 1 aliphatic carbocycles. The molecule has 0 aliphatic heterocycles. The molecule has 0 fully saturated rings. The monoisotopic (exact) mass is 283 g/mol. The molecule has 0 heterocycles. The molecular formula is C19H25NO. The van der Waals surface area contributed by atoms with Gasteiger partial charge in [0.05, 0.1) is 5.41 Å². The maximum Gasteiger partial charge on any atom is 0.229 e. The van der Waals surface area contributed by atoms with Crippen molar-refractivity contribution >= 4 is 11.5 Å². The maximum absolute atomic E-state index is 11.8. The quantitative estimate of drug-likeness (QED) is 0.814. The lowest BCUT2D eigenvalue weighted by Crippen LogP contribution is -2.32. The summed E-state index contributed by atoms with van der Waals surface area (Å²) in [5, 5.41) is 2.71. The number of hydrogen-bond acceptors (Lipinski definition) is 1. The van der Waals surface area contributed by atoms with E-state index in [-0.39, 0.29) is 5.91 Å². The van der Waals surface area contributed by atoms with Crippen LogP contribution < -0.4 is 5.32 Å². The summed E-state index contributed by atoms with van der Waals surface area (Å²) < 4.78 is 0. The van der Waals surface area contributed by atoms with Crippen molar-refractivity contribution in [2.45, 2.75) is 33.6 Å². The zero-order valence-electron chi connectivity index (χ0n) is 13.4. The molecule has 0 spiro atoms. The summed E-state index contributed by atoms with van der Waals surface area (Å²) in [6, 6.07) is 8.62. The lowest BCUT2D eigenvalue weighted by atomic mass is 9.89. The van der Waals surface area contributed by atoms with Crippen LogP contribution in [0.25, 0.3) is 5.57 Å². The van der Waals surface area contributed by atoms with Gasteiger partial charge in [-0.25, -0.2) is 0 Å². The molecule has 1 N–H and O–H groups in total. The number of nitrogens with one attached hydrogen (secondary N) is 1. The topological polar surface area (TPSA) is 29.1 Å². The smallest absolute Gasteiger partial charge is 0.229 e. The van der Waals surface area contributed by atoms with Crippen LogP contribution in [0.15, 0.2) is 42.5 Å². The molecule has 1 unspecified atom stereocenters. The Labute approximate surface area is 128 Å². The third-order valence-electron chi connectivity index (χ3n) is 4.13. The fourth-order valence-corrected chi connectivity index (χ4v) is 2.77. The number of hydrogen-bond donors (Lipinski definition) is 1. The van der Waals surface area contributed by atoms with Crippen molar-refractivity contribution in [3.05, 3.63) is 53.6 Å². The Balaban J connectivity index is 2.01. The van der Waals surface area contributed by atoms with Crippen molar-refractivity contribution in [2.24, 2.45) is 11.3 Å². The van der Waals surface area contributed by atoms with Gasteiger partial charge in [-0.15, -0.1) is 0 Å². The van der Waals surface area contributed by atoms with Gasteiger partial charge >= 0.3 is 0 Å². The Kier molecular flexibility index (Phi) is 4.66. The molecule has 2 heteroatoms. The second kappa shape index (κ2) is 6.30. The highest BCUT2D eigenvalue weighted by atomic mass is 16.2. The third-order valence-corrected chi connectivity index (χ3v) is 4.13. The van der Waals surface area contributed by atoms with Gasteiger partial charge in [0.25, 0.3) is 0 Å². The van der Waals surface area contributed by atoms with Crippen LogP contribution in [0.1, 0.15) is 38.3 Å². The molecule has 1 amide bonds. The minimum absolute atomic E-state index is 0.0522. The average molecular weight is 283 g/mol. The summed E-state index contributed by atoms with van der Waals surface area (Å²) in [7, 11) is 1.68. The number of carbonyl (C=O) groups is 1. The minimum atomic E-state index is -0.453. The van der Waals surface area contributed by atoms with Crippen LogP contribution in [-0.2, 0) is 11.2 Å². The molecule has 0 saturated heterocycles. The molecule has 1 aromatic carbocycles. The SMILES string of the molecule is CNC(=O)C(C)(C)/C=C/C(C)CC1=CCc2ccccc21. The summed E-state index contributed by atoms with van der Waals surface area (Å²) in [6.45, 7) is 6.09. The number of allylic oxidation sites excluding steroid dienone is 3. The summed E-state index contributed by atoms with van der Waals surface area (Å²) in [5.74, 6) is 0.475. The van der Waals surface area contributed by atoms with Crippen molar-refractivity contribution < 1.29 is 4.79 Å². The van der Waals surface area contributed by atoms with Gasteiger partial charge in [0.15, 0.2) is 0 Å². The second-order valence-electron chi connectivity index (χ2n) is 6.43. The van der Waals surface area contributed by atoms with Crippen molar-refractivity contribution in [2.75, 3.05) is 7.05 Å². The zero-order chi connectivity index (χ0) is 15.5. The highest BCUT2D eigenvalue weighted by molar-refractivity contribution is 5.83. The van der Waals surface area contributed by atoms with E-state index in [1.165, 1.54) is 16.7 Å². The van der Waals surface area contributed by atoms with Gasteiger partial charge in [-0.3, -0.25) is 4.79 Å². The molecular weight excluding hydrogens is 258 g/mol. The number of fused-ring (bicyclic) bond motifs is 1. The van der Waals surface area contributed by atoms with Gasteiger partial charge < -0.3 is 5.32 Å². The molecule has 0 bridgehead atoms. The molecule has 112 valence electrons. The first-order valence-electron chi connectivity index (χ1n) is 7.63. The van der Waals surface area contributed by atoms with Crippen LogP contribution in [-0.4, -0.2) is 13.0 Å². The van der Waals surface area contributed by atoms with Gasteiger partial charge in [0, 0.05) is 7.05 Å². The first kappa shape index (κ1) is 15.6. The summed E-state index contributed by atoms with van der Waals surface area (Å²) >= 11 is 0. The maximum atomic E-state index is 11.8. The number of rotatable bonds is 5. The highest BCUT2D eigenvalue weighted by Gasteiger charge is 2.23. The van der Waals surface area contributed by atoms with Crippen molar-refractivity contribution in [3.63, 3.8) is 0 Å². The Morgan fingerprint density at radius 3 is 2.81 bits per heavy atom. The van der Waals surface area contributed by atoms with E-state index < -0.39 is 5.41 Å². The lowest BCUT2D eigenvalue weighted by molar-refractivity contribution is -0.126. The predicted octanol–water partition coefficient (Wildman–Crippen LogP) is 3.98. The van der Waals surface area contributed by atoms with E-state index in [4.69, 9.17) is 0 Å². The predicted molar refractivity (Wildman–Crippen MR) is 88.9 cm³/mol. The van der Waals surface area contributed by atoms with Crippen LogP contribution in [0.2, 0.25) is 0 Å². The van der Waals surface area contributed by atoms with Crippen LogP contribution in [0.5, 0.6) is 0 Å². The Bertz CT molecular complexity index is 581. The van der Waals surface area contributed by atoms with Gasteiger partial charge in [0.1, 0.15) is 0 Å². The molecule has 0 aromatic heterocycles. The van der Waals surface area contributed by atoms with E-state index in [2.05, 4.69) is 48.7 Å². The first-order chi connectivity index (χ1) is 9.94. The van der Waals surface area contributed by atoms with Crippen LogP contribution in [0.3, 0.4) is 0 Å². The van der Waals surface area contributed by atoms with Crippen LogP contribution >= 0.6 is 0 Å². The van der Waals surface area contributed by atoms with Gasteiger partial charge in [-0.1, -0.05) is 49.4 Å². The van der Waals surface area contributed by atoms with E-state index in [0.717, 1.165) is 12.8 Å². The zero-order valence-corrected chi connectivity index (χ0v) is 13.4. The summed E-state index contributed by atoms with van der Waals surface area (Å²) in [4.78, 5) is 11.8. The number of amides is 1.